The summed E-state index contributed by atoms with van der Waals surface area (Å²) in [6.07, 6.45) is 1.87. The Morgan fingerprint density at radius 3 is 3.09 bits per heavy atom. The van der Waals surface area contributed by atoms with Crippen LogP contribution in [0.3, 0.4) is 0 Å². The molecule has 0 radical (unpaired) electrons. The lowest BCUT2D eigenvalue weighted by molar-refractivity contribution is -0.165. The quantitative estimate of drug-likeness (QED) is 0.926. The number of H-pyrrole nitrogens is 1. The van der Waals surface area contributed by atoms with Gasteiger partial charge in [0.15, 0.2) is 5.60 Å². The number of amides is 1. The standard InChI is InChI=1S/C16H22N4O2S/c1-16(15(21)19(2)3)11-20(6-7-22-16)10-12-9-17-18-14(12)13-5-4-8-23-13/h4-5,8-9H,6-7,10-11H2,1-3H3,(H,17,18)/t16-/m1/s1. The topological polar surface area (TPSA) is 61.5 Å². The number of likely N-dealkylation sites (N-methyl/N-ethyl adjacent to an activating group) is 1. The van der Waals surface area contributed by atoms with Gasteiger partial charge < -0.3 is 9.64 Å². The molecule has 0 aromatic carbocycles. The van der Waals surface area contributed by atoms with Gasteiger partial charge in [-0.2, -0.15) is 5.10 Å². The first kappa shape index (κ1) is 16.2. The van der Waals surface area contributed by atoms with E-state index in [1.807, 2.05) is 19.2 Å². The highest BCUT2D eigenvalue weighted by Gasteiger charge is 2.40. The van der Waals surface area contributed by atoms with Crippen LogP contribution < -0.4 is 0 Å². The molecule has 1 fully saturated rings. The van der Waals surface area contributed by atoms with E-state index in [2.05, 4.69) is 26.5 Å². The van der Waals surface area contributed by atoms with Crippen molar-refractivity contribution in [3.63, 3.8) is 0 Å². The van der Waals surface area contributed by atoms with Crippen molar-refractivity contribution in [2.24, 2.45) is 0 Å². The Morgan fingerprint density at radius 1 is 1.57 bits per heavy atom. The molecule has 0 unspecified atom stereocenters. The van der Waals surface area contributed by atoms with Crippen molar-refractivity contribution in [1.82, 2.24) is 20.0 Å². The monoisotopic (exact) mass is 334 g/mol. The van der Waals surface area contributed by atoms with Gasteiger partial charge in [0, 0.05) is 39.3 Å². The molecule has 1 N–H and O–H groups in total. The van der Waals surface area contributed by atoms with E-state index in [-0.39, 0.29) is 5.91 Å². The van der Waals surface area contributed by atoms with Crippen molar-refractivity contribution in [1.29, 1.82) is 0 Å². The molecule has 3 heterocycles. The van der Waals surface area contributed by atoms with E-state index in [1.54, 1.807) is 30.3 Å². The molecule has 0 bridgehead atoms. The van der Waals surface area contributed by atoms with Crippen LogP contribution >= 0.6 is 11.3 Å². The van der Waals surface area contributed by atoms with Gasteiger partial charge in [-0.15, -0.1) is 11.3 Å². The number of thiophene rings is 1. The zero-order valence-electron chi connectivity index (χ0n) is 13.7. The summed E-state index contributed by atoms with van der Waals surface area (Å²) in [4.78, 5) is 17.4. The van der Waals surface area contributed by atoms with Gasteiger partial charge in [-0.1, -0.05) is 6.07 Å². The van der Waals surface area contributed by atoms with Crippen molar-refractivity contribution in [2.45, 2.75) is 19.1 Å². The molecule has 7 heteroatoms. The number of aromatic nitrogens is 2. The predicted molar refractivity (Wildman–Crippen MR) is 90.2 cm³/mol. The second kappa shape index (κ2) is 6.43. The smallest absolute Gasteiger partial charge is 0.255 e. The molecule has 2 aromatic heterocycles. The number of rotatable bonds is 4. The second-order valence-electron chi connectivity index (χ2n) is 6.24. The Kier molecular flexibility index (Phi) is 4.52. The molecule has 3 rings (SSSR count). The lowest BCUT2D eigenvalue weighted by Crippen LogP contribution is -2.57. The third-order valence-electron chi connectivity index (χ3n) is 4.09. The number of hydrogen-bond donors (Lipinski definition) is 1. The van der Waals surface area contributed by atoms with E-state index >= 15 is 0 Å². The number of morpholine rings is 1. The molecule has 1 saturated heterocycles. The molecular formula is C16H22N4O2S. The molecule has 0 saturated carbocycles. The minimum absolute atomic E-state index is 0.00729. The minimum atomic E-state index is -0.783. The Morgan fingerprint density at radius 2 is 2.39 bits per heavy atom. The van der Waals surface area contributed by atoms with Crippen molar-refractivity contribution in [3.05, 3.63) is 29.3 Å². The summed E-state index contributed by atoms with van der Waals surface area (Å²) in [5, 5.41) is 9.34. The van der Waals surface area contributed by atoms with Crippen LogP contribution in [0.1, 0.15) is 12.5 Å². The van der Waals surface area contributed by atoms with Gasteiger partial charge in [0.05, 0.1) is 23.4 Å². The molecule has 0 aliphatic carbocycles. The molecule has 1 atom stereocenters. The number of nitrogens with one attached hydrogen (secondary N) is 1. The number of carbonyl (C=O) groups is 1. The Bertz CT molecular complexity index is 667. The van der Waals surface area contributed by atoms with Crippen molar-refractivity contribution >= 4 is 17.2 Å². The van der Waals surface area contributed by atoms with Gasteiger partial charge >= 0.3 is 0 Å². The summed E-state index contributed by atoms with van der Waals surface area (Å²) in [7, 11) is 3.53. The lowest BCUT2D eigenvalue weighted by atomic mass is 10.0. The zero-order valence-corrected chi connectivity index (χ0v) is 14.5. The third kappa shape index (κ3) is 3.31. The summed E-state index contributed by atoms with van der Waals surface area (Å²) >= 11 is 1.69. The summed E-state index contributed by atoms with van der Waals surface area (Å²) in [6, 6.07) is 4.12. The van der Waals surface area contributed by atoms with Gasteiger partial charge in [-0.25, -0.2) is 0 Å². The number of carbonyl (C=O) groups excluding carboxylic acids is 1. The maximum atomic E-state index is 12.4. The number of nitrogens with zero attached hydrogens (tertiary/aromatic N) is 3. The normalized spacial score (nSPS) is 22.2. The van der Waals surface area contributed by atoms with Crippen molar-refractivity contribution < 1.29 is 9.53 Å². The van der Waals surface area contributed by atoms with Gasteiger partial charge in [0.2, 0.25) is 0 Å². The first-order chi connectivity index (χ1) is 11.0. The lowest BCUT2D eigenvalue weighted by Gasteiger charge is -2.40. The highest BCUT2D eigenvalue weighted by Crippen LogP contribution is 2.28. The van der Waals surface area contributed by atoms with E-state index in [0.29, 0.717) is 13.2 Å². The Labute approximate surface area is 140 Å². The van der Waals surface area contributed by atoms with Gasteiger partial charge in [0.25, 0.3) is 5.91 Å². The second-order valence-corrected chi connectivity index (χ2v) is 7.18. The average molecular weight is 334 g/mol. The molecule has 23 heavy (non-hydrogen) atoms. The summed E-state index contributed by atoms with van der Waals surface area (Å²) in [5.41, 5.74) is 1.43. The number of hydrogen-bond acceptors (Lipinski definition) is 5. The Hall–Kier alpha value is -1.70. The first-order valence-electron chi connectivity index (χ1n) is 7.64. The first-order valence-corrected chi connectivity index (χ1v) is 8.52. The van der Waals surface area contributed by atoms with E-state index in [4.69, 9.17) is 4.74 Å². The summed E-state index contributed by atoms with van der Waals surface area (Å²) in [6.45, 7) is 4.58. The van der Waals surface area contributed by atoms with Crippen LogP contribution in [-0.4, -0.2) is 65.3 Å². The van der Waals surface area contributed by atoms with Crippen molar-refractivity contribution in [3.8, 4) is 10.6 Å². The summed E-state index contributed by atoms with van der Waals surface area (Å²) < 4.78 is 5.79. The fraction of sp³-hybridized carbons (Fsp3) is 0.500. The maximum absolute atomic E-state index is 12.4. The maximum Gasteiger partial charge on any atom is 0.255 e. The van der Waals surface area contributed by atoms with Gasteiger partial charge in [0.1, 0.15) is 0 Å². The van der Waals surface area contributed by atoms with E-state index in [0.717, 1.165) is 24.3 Å². The molecule has 124 valence electrons. The highest BCUT2D eigenvalue weighted by molar-refractivity contribution is 7.13. The molecule has 1 aliphatic heterocycles. The number of aromatic amines is 1. The molecule has 1 amide bonds. The van der Waals surface area contributed by atoms with Crippen LogP contribution in [0.25, 0.3) is 10.6 Å². The number of ether oxygens (including phenoxy) is 1. The SMILES string of the molecule is CN(C)C(=O)[C@@]1(C)CN(Cc2cn[nH]c2-c2cccs2)CCO1. The van der Waals surface area contributed by atoms with E-state index in [9.17, 15) is 4.79 Å². The van der Waals surface area contributed by atoms with Crippen LogP contribution in [-0.2, 0) is 16.1 Å². The van der Waals surface area contributed by atoms with Crippen LogP contribution in [0.5, 0.6) is 0 Å². The fourth-order valence-corrected chi connectivity index (χ4v) is 3.75. The van der Waals surface area contributed by atoms with Gasteiger partial charge in [-0.3, -0.25) is 14.8 Å². The van der Waals surface area contributed by atoms with Crippen LogP contribution in [0, 0.1) is 0 Å². The molecule has 0 spiro atoms. The van der Waals surface area contributed by atoms with Crippen LogP contribution in [0.15, 0.2) is 23.7 Å². The van der Waals surface area contributed by atoms with Crippen molar-refractivity contribution in [2.75, 3.05) is 33.8 Å². The van der Waals surface area contributed by atoms with E-state index < -0.39 is 5.60 Å². The largest absolute Gasteiger partial charge is 0.363 e. The predicted octanol–water partition coefficient (Wildman–Crippen LogP) is 1.82. The van der Waals surface area contributed by atoms with Crippen LogP contribution in [0.2, 0.25) is 0 Å². The summed E-state index contributed by atoms with van der Waals surface area (Å²) in [5.74, 6) is 0.00729. The highest BCUT2D eigenvalue weighted by atomic mass is 32.1. The molecule has 6 nitrogen and oxygen atoms in total. The Balaban J connectivity index is 1.74. The molecule has 1 aliphatic rings. The average Bonchev–Trinajstić information content (AvgIpc) is 3.17. The molecular weight excluding hydrogens is 312 g/mol. The van der Waals surface area contributed by atoms with E-state index in [1.165, 1.54) is 4.88 Å². The minimum Gasteiger partial charge on any atom is -0.363 e. The fourth-order valence-electron chi connectivity index (χ4n) is 2.99. The zero-order chi connectivity index (χ0) is 16.4. The van der Waals surface area contributed by atoms with Gasteiger partial charge in [-0.05, 0) is 18.4 Å². The van der Waals surface area contributed by atoms with Crippen LogP contribution in [0.4, 0.5) is 0 Å². The molecule has 2 aromatic rings. The third-order valence-corrected chi connectivity index (χ3v) is 4.98.